The number of piperidine rings is 3. The van der Waals surface area contributed by atoms with E-state index in [0.29, 0.717) is 5.92 Å². The predicted molar refractivity (Wildman–Crippen MR) is 79.6 cm³/mol. The number of benzene rings is 1. The summed E-state index contributed by atoms with van der Waals surface area (Å²) < 4.78 is 6.89. The Morgan fingerprint density at radius 2 is 1.85 bits per heavy atom. The van der Waals surface area contributed by atoms with Crippen LogP contribution in [0.5, 0.6) is 5.75 Å². The zero-order valence-corrected chi connectivity index (χ0v) is 12.2. The van der Waals surface area contributed by atoms with Crippen LogP contribution in [0.15, 0.2) is 30.3 Å². The maximum Gasteiger partial charge on any atom is 0.119 e. The number of hydrogen-bond donors (Lipinski definition) is 1. The normalized spacial score (nSPS) is 32.2. The van der Waals surface area contributed by atoms with E-state index in [1.165, 1.54) is 38.9 Å². The van der Waals surface area contributed by atoms with E-state index < -0.39 is 0 Å². The highest BCUT2D eigenvalue weighted by Gasteiger charge is 2.44. The highest BCUT2D eigenvalue weighted by atomic mass is 16.5. The van der Waals surface area contributed by atoms with Gasteiger partial charge in [-0.1, -0.05) is 18.2 Å². The van der Waals surface area contributed by atoms with Crippen LogP contribution in [-0.4, -0.2) is 48.5 Å². The van der Waals surface area contributed by atoms with Crippen LogP contribution in [-0.2, 0) is 0 Å². The highest BCUT2D eigenvalue weighted by molar-refractivity contribution is 5.20. The SMILES string of the molecule is O[C@@H]1C[N+]2(CCCCOc3ccccc3)CCC1CC2. The molecule has 1 atom stereocenters. The maximum absolute atomic E-state index is 10.1. The third kappa shape index (κ3) is 3.15. The first-order valence-corrected chi connectivity index (χ1v) is 7.98. The minimum atomic E-state index is -0.0435. The summed E-state index contributed by atoms with van der Waals surface area (Å²) in [4.78, 5) is 0. The number of para-hydroxylation sites is 1. The molecule has 0 saturated carbocycles. The molecule has 3 aliphatic heterocycles. The molecule has 0 aromatic heterocycles. The van der Waals surface area contributed by atoms with E-state index in [-0.39, 0.29) is 6.10 Å². The monoisotopic (exact) mass is 276 g/mol. The van der Waals surface area contributed by atoms with Crippen molar-refractivity contribution in [3.05, 3.63) is 30.3 Å². The van der Waals surface area contributed by atoms with Crippen molar-refractivity contribution in [3.8, 4) is 5.75 Å². The highest BCUT2D eigenvalue weighted by Crippen LogP contribution is 2.34. The van der Waals surface area contributed by atoms with Gasteiger partial charge in [0.05, 0.1) is 26.2 Å². The van der Waals surface area contributed by atoms with E-state index in [1.54, 1.807) is 0 Å². The van der Waals surface area contributed by atoms with Crippen molar-refractivity contribution in [2.75, 3.05) is 32.8 Å². The first-order valence-electron chi connectivity index (χ1n) is 7.98. The molecule has 0 radical (unpaired) electrons. The molecule has 1 aromatic rings. The number of quaternary nitrogens is 1. The quantitative estimate of drug-likeness (QED) is 0.639. The van der Waals surface area contributed by atoms with Gasteiger partial charge in [-0.2, -0.15) is 0 Å². The average molecular weight is 276 g/mol. The Bertz CT molecular complexity index is 412. The molecular weight excluding hydrogens is 250 g/mol. The van der Waals surface area contributed by atoms with Crippen LogP contribution < -0.4 is 4.74 Å². The number of nitrogens with zero attached hydrogens (tertiary/aromatic N) is 1. The van der Waals surface area contributed by atoms with Gasteiger partial charge in [0.1, 0.15) is 18.4 Å². The van der Waals surface area contributed by atoms with Crippen LogP contribution in [0, 0.1) is 5.92 Å². The molecule has 4 rings (SSSR count). The lowest BCUT2D eigenvalue weighted by Crippen LogP contribution is -2.63. The maximum atomic E-state index is 10.1. The third-order valence-electron chi connectivity index (χ3n) is 5.11. The Labute approximate surface area is 121 Å². The molecular formula is C17H26NO2+. The Morgan fingerprint density at radius 3 is 2.55 bits per heavy atom. The Hall–Kier alpha value is -1.06. The number of aliphatic hydroxyl groups is 1. The smallest absolute Gasteiger partial charge is 0.119 e. The van der Waals surface area contributed by atoms with Crippen LogP contribution in [0.25, 0.3) is 0 Å². The van der Waals surface area contributed by atoms with Crippen LogP contribution >= 0.6 is 0 Å². The summed E-state index contributed by atoms with van der Waals surface area (Å²) in [7, 11) is 0. The summed E-state index contributed by atoms with van der Waals surface area (Å²) >= 11 is 0. The summed E-state index contributed by atoms with van der Waals surface area (Å²) in [5.74, 6) is 1.56. The van der Waals surface area contributed by atoms with Gasteiger partial charge in [-0.15, -0.1) is 0 Å². The number of ether oxygens (including phenoxy) is 1. The standard InChI is InChI=1S/C17H26NO2/c19-17-14-18(11-8-15(17)9-12-18)10-4-5-13-20-16-6-2-1-3-7-16/h1-3,6-7,15,17,19H,4-5,8-14H2/q+1/t15?,17-,18?/m1/s1. The van der Waals surface area contributed by atoms with Crippen LogP contribution in [0.3, 0.4) is 0 Å². The summed E-state index contributed by atoms with van der Waals surface area (Å²) in [5.41, 5.74) is 0. The van der Waals surface area contributed by atoms with Gasteiger partial charge in [0.25, 0.3) is 0 Å². The van der Waals surface area contributed by atoms with Crippen molar-refractivity contribution >= 4 is 0 Å². The molecule has 0 aliphatic carbocycles. The van der Waals surface area contributed by atoms with E-state index in [4.69, 9.17) is 4.74 Å². The molecule has 3 heteroatoms. The summed E-state index contributed by atoms with van der Waals surface area (Å²) in [6, 6.07) is 10.0. The molecule has 3 fully saturated rings. The zero-order chi connectivity index (χ0) is 13.8. The second-order valence-corrected chi connectivity index (χ2v) is 6.47. The van der Waals surface area contributed by atoms with Gasteiger partial charge in [0.2, 0.25) is 0 Å². The second kappa shape index (κ2) is 6.15. The van der Waals surface area contributed by atoms with E-state index in [2.05, 4.69) is 0 Å². The van der Waals surface area contributed by atoms with Crippen molar-refractivity contribution in [1.29, 1.82) is 0 Å². The lowest BCUT2D eigenvalue weighted by molar-refractivity contribution is -0.946. The lowest BCUT2D eigenvalue weighted by Gasteiger charge is -2.51. The molecule has 1 aromatic carbocycles. The molecule has 0 spiro atoms. The molecule has 0 amide bonds. The van der Waals surface area contributed by atoms with Gasteiger partial charge in [-0.05, 0) is 25.0 Å². The van der Waals surface area contributed by atoms with Crippen LogP contribution in [0.2, 0.25) is 0 Å². The molecule has 110 valence electrons. The van der Waals surface area contributed by atoms with Crippen LogP contribution in [0.1, 0.15) is 25.7 Å². The molecule has 3 nitrogen and oxygen atoms in total. The minimum absolute atomic E-state index is 0.0435. The van der Waals surface area contributed by atoms with E-state index in [0.717, 1.165) is 29.8 Å². The fraction of sp³-hybridized carbons (Fsp3) is 0.647. The predicted octanol–water partition coefficient (Wildman–Crippen LogP) is 2.45. The number of rotatable bonds is 6. The van der Waals surface area contributed by atoms with Crippen molar-refractivity contribution < 1.29 is 14.3 Å². The summed E-state index contributed by atoms with van der Waals surface area (Å²) in [6.45, 7) is 5.56. The fourth-order valence-corrected chi connectivity index (χ4v) is 3.82. The molecule has 3 saturated heterocycles. The number of hydrogen-bond acceptors (Lipinski definition) is 2. The Balaban J connectivity index is 1.37. The van der Waals surface area contributed by atoms with E-state index in [9.17, 15) is 5.11 Å². The molecule has 1 N–H and O–H groups in total. The van der Waals surface area contributed by atoms with E-state index >= 15 is 0 Å². The van der Waals surface area contributed by atoms with Gasteiger partial charge < -0.3 is 14.3 Å². The number of unbranched alkanes of at least 4 members (excludes halogenated alkanes) is 1. The Kier molecular flexibility index (Phi) is 4.27. The van der Waals surface area contributed by atoms with Crippen molar-refractivity contribution in [2.45, 2.75) is 31.8 Å². The minimum Gasteiger partial charge on any atom is -0.494 e. The van der Waals surface area contributed by atoms with Gasteiger partial charge in [0.15, 0.2) is 0 Å². The van der Waals surface area contributed by atoms with Gasteiger partial charge in [-0.3, -0.25) is 0 Å². The van der Waals surface area contributed by atoms with E-state index in [1.807, 2.05) is 30.3 Å². The molecule has 20 heavy (non-hydrogen) atoms. The van der Waals surface area contributed by atoms with Gasteiger partial charge in [-0.25, -0.2) is 0 Å². The van der Waals surface area contributed by atoms with Crippen molar-refractivity contribution in [3.63, 3.8) is 0 Å². The topological polar surface area (TPSA) is 29.5 Å². The summed E-state index contributed by atoms with van der Waals surface area (Å²) in [5, 5.41) is 10.1. The van der Waals surface area contributed by atoms with Gasteiger partial charge in [0, 0.05) is 18.8 Å². The third-order valence-corrected chi connectivity index (χ3v) is 5.11. The second-order valence-electron chi connectivity index (χ2n) is 6.47. The van der Waals surface area contributed by atoms with Crippen molar-refractivity contribution in [1.82, 2.24) is 0 Å². The molecule has 3 aliphatic rings. The first kappa shape index (κ1) is 13.9. The molecule has 2 bridgehead atoms. The van der Waals surface area contributed by atoms with Crippen LogP contribution in [0.4, 0.5) is 0 Å². The first-order chi connectivity index (χ1) is 9.77. The van der Waals surface area contributed by atoms with Crippen molar-refractivity contribution in [2.24, 2.45) is 5.92 Å². The largest absolute Gasteiger partial charge is 0.494 e. The summed E-state index contributed by atoms with van der Waals surface area (Å²) in [6.07, 6.45) is 4.71. The zero-order valence-electron chi connectivity index (χ0n) is 12.2. The average Bonchev–Trinajstić information content (AvgIpc) is 2.49. The fourth-order valence-electron chi connectivity index (χ4n) is 3.82. The lowest BCUT2D eigenvalue weighted by atomic mass is 9.83. The molecule has 0 unspecified atom stereocenters. The Morgan fingerprint density at radius 1 is 1.10 bits per heavy atom. The van der Waals surface area contributed by atoms with Gasteiger partial charge >= 0.3 is 0 Å². The number of aliphatic hydroxyl groups excluding tert-OH is 1. The molecule has 3 heterocycles. The number of fused-ring (bicyclic) bond motifs is 3.